The Labute approximate surface area is 120 Å². The maximum Gasteiger partial charge on any atom is 0.319 e. The zero-order chi connectivity index (χ0) is 14.0. The summed E-state index contributed by atoms with van der Waals surface area (Å²) in [5.41, 5.74) is -0.159. The van der Waals surface area contributed by atoms with Crippen molar-refractivity contribution in [2.24, 2.45) is 5.41 Å². The molecule has 0 heterocycles. The fourth-order valence-electron chi connectivity index (χ4n) is 2.13. The number of carboxylic acids is 1. The first kappa shape index (κ1) is 14.1. The number of amides is 1. The van der Waals surface area contributed by atoms with Gasteiger partial charge in [0.05, 0.1) is 0 Å². The van der Waals surface area contributed by atoms with Crippen molar-refractivity contribution in [2.75, 3.05) is 6.54 Å². The molecule has 0 saturated heterocycles. The average molecular weight is 326 g/mol. The number of carbonyl (C=O) groups excluding carboxylic acids is 1. The second-order valence-corrected chi connectivity index (χ2v) is 5.75. The highest BCUT2D eigenvalue weighted by atomic mass is 79.9. The normalized spacial score (nSPS) is 15.9. The Morgan fingerprint density at radius 3 is 2.58 bits per heavy atom. The molecule has 1 aliphatic carbocycles. The summed E-state index contributed by atoms with van der Waals surface area (Å²) in [7, 11) is 0. The lowest BCUT2D eigenvalue weighted by Crippen LogP contribution is -2.40. The van der Waals surface area contributed by atoms with Crippen LogP contribution in [0.2, 0.25) is 0 Å². The van der Waals surface area contributed by atoms with Gasteiger partial charge in [0, 0.05) is 17.6 Å². The first-order chi connectivity index (χ1) is 8.99. The molecule has 5 heteroatoms. The van der Waals surface area contributed by atoms with E-state index < -0.39 is 11.4 Å². The number of hydrogen-bond acceptors (Lipinski definition) is 2. The van der Waals surface area contributed by atoms with E-state index in [9.17, 15) is 14.7 Å². The molecule has 0 aliphatic heterocycles. The molecule has 0 atom stereocenters. The smallest absolute Gasteiger partial charge is 0.319 e. The predicted molar refractivity (Wildman–Crippen MR) is 74.5 cm³/mol. The molecule has 1 aromatic carbocycles. The lowest BCUT2D eigenvalue weighted by molar-refractivity contribution is -0.153. The summed E-state index contributed by atoms with van der Waals surface area (Å²) in [5, 5.41) is 9.17. The third-order valence-electron chi connectivity index (χ3n) is 3.50. The standard InChI is InChI=1S/C14H16BrNO3/c1-2-16(9-10-4-3-5-11(15)8-10)12(17)14(6-7-14)13(18)19/h3-5,8H,2,6-7,9H2,1H3,(H,18,19). The lowest BCUT2D eigenvalue weighted by atomic mass is 10.1. The van der Waals surface area contributed by atoms with Gasteiger partial charge in [-0.3, -0.25) is 9.59 Å². The number of rotatable bonds is 5. The zero-order valence-electron chi connectivity index (χ0n) is 10.7. The molecule has 1 fully saturated rings. The van der Waals surface area contributed by atoms with E-state index in [2.05, 4.69) is 15.9 Å². The van der Waals surface area contributed by atoms with Crippen molar-refractivity contribution in [3.8, 4) is 0 Å². The van der Waals surface area contributed by atoms with Crippen molar-refractivity contribution in [3.05, 3.63) is 34.3 Å². The van der Waals surface area contributed by atoms with Crippen molar-refractivity contribution in [2.45, 2.75) is 26.3 Å². The summed E-state index contributed by atoms with van der Waals surface area (Å²) in [6.45, 7) is 2.83. The zero-order valence-corrected chi connectivity index (χ0v) is 12.3. The Morgan fingerprint density at radius 1 is 1.42 bits per heavy atom. The van der Waals surface area contributed by atoms with Gasteiger partial charge in [-0.1, -0.05) is 28.1 Å². The van der Waals surface area contributed by atoms with Gasteiger partial charge in [-0.25, -0.2) is 0 Å². The number of carbonyl (C=O) groups is 2. The highest BCUT2D eigenvalue weighted by Crippen LogP contribution is 2.47. The molecule has 0 bridgehead atoms. The molecule has 1 aliphatic rings. The van der Waals surface area contributed by atoms with E-state index in [1.54, 1.807) is 4.90 Å². The fraction of sp³-hybridized carbons (Fsp3) is 0.429. The Bertz CT molecular complexity index is 511. The first-order valence-electron chi connectivity index (χ1n) is 6.27. The summed E-state index contributed by atoms with van der Waals surface area (Å²) >= 11 is 3.39. The minimum Gasteiger partial charge on any atom is -0.480 e. The van der Waals surface area contributed by atoms with E-state index in [1.165, 1.54) is 0 Å². The third kappa shape index (κ3) is 2.81. The molecule has 1 saturated carbocycles. The molecule has 1 aromatic rings. The largest absolute Gasteiger partial charge is 0.480 e. The van der Waals surface area contributed by atoms with E-state index >= 15 is 0 Å². The van der Waals surface area contributed by atoms with Crippen LogP contribution in [0.25, 0.3) is 0 Å². The van der Waals surface area contributed by atoms with Crippen LogP contribution in [0.15, 0.2) is 28.7 Å². The topological polar surface area (TPSA) is 57.6 Å². The molecular weight excluding hydrogens is 310 g/mol. The van der Waals surface area contributed by atoms with Gasteiger partial charge in [0.25, 0.3) is 0 Å². The Kier molecular flexibility index (Phi) is 3.94. The highest BCUT2D eigenvalue weighted by Gasteiger charge is 2.58. The van der Waals surface area contributed by atoms with Crippen LogP contribution in [0.3, 0.4) is 0 Å². The predicted octanol–water partition coefficient (Wildman–Crippen LogP) is 2.66. The first-order valence-corrected chi connectivity index (χ1v) is 7.06. The monoisotopic (exact) mass is 325 g/mol. The summed E-state index contributed by atoms with van der Waals surface area (Å²) < 4.78 is 0.952. The van der Waals surface area contributed by atoms with Crippen molar-refractivity contribution in [1.29, 1.82) is 0 Å². The number of nitrogens with zero attached hydrogens (tertiary/aromatic N) is 1. The van der Waals surface area contributed by atoms with E-state index in [4.69, 9.17) is 0 Å². The van der Waals surface area contributed by atoms with Crippen molar-refractivity contribution >= 4 is 27.8 Å². The fourth-order valence-corrected chi connectivity index (χ4v) is 2.58. The summed E-state index contributed by atoms with van der Waals surface area (Å²) in [4.78, 5) is 25.1. The summed E-state index contributed by atoms with van der Waals surface area (Å²) in [5.74, 6) is -1.26. The van der Waals surface area contributed by atoms with Crippen molar-refractivity contribution < 1.29 is 14.7 Å². The number of carboxylic acid groups (broad SMARTS) is 1. The number of benzene rings is 1. The molecule has 0 aromatic heterocycles. The highest BCUT2D eigenvalue weighted by molar-refractivity contribution is 9.10. The number of hydrogen-bond donors (Lipinski definition) is 1. The molecule has 1 N–H and O–H groups in total. The van der Waals surface area contributed by atoms with Gasteiger partial charge in [-0.05, 0) is 37.5 Å². The molecule has 4 nitrogen and oxygen atoms in total. The van der Waals surface area contributed by atoms with Crippen LogP contribution in [0.1, 0.15) is 25.3 Å². The lowest BCUT2D eigenvalue weighted by Gasteiger charge is -2.24. The summed E-state index contributed by atoms with van der Waals surface area (Å²) in [6, 6.07) is 7.69. The van der Waals surface area contributed by atoms with E-state index in [-0.39, 0.29) is 5.91 Å². The Balaban J connectivity index is 2.13. The summed E-state index contributed by atoms with van der Waals surface area (Å²) in [6.07, 6.45) is 0.909. The molecule has 1 amide bonds. The third-order valence-corrected chi connectivity index (χ3v) is 3.99. The number of aliphatic carboxylic acids is 1. The molecule has 0 spiro atoms. The van der Waals surface area contributed by atoms with E-state index in [0.717, 1.165) is 10.0 Å². The minimum absolute atomic E-state index is 0.262. The van der Waals surface area contributed by atoms with Crippen molar-refractivity contribution in [1.82, 2.24) is 4.90 Å². The second-order valence-electron chi connectivity index (χ2n) is 4.84. The quantitative estimate of drug-likeness (QED) is 0.847. The maximum absolute atomic E-state index is 12.3. The van der Waals surface area contributed by atoms with Gasteiger partial charge in [0.1, 0.15) is 5.41 Å². The van der Waals surface area contributed by atoms with Gasteiger partial charge >= 0.3 is 5.97 Å². The second kappa shape index (κ2) is 5.33. The van der Waals surface area contributed by atoms with Crippen LogP contribution in [-0.4, -0.2) is 28.4 Å². The van der Waals surface area contributed by atoms with Gasteiger partial charge in [-0.15, -0.1) is 0 Å². The van der Waals surface area contributed by atoms with Crippen LogP contribution < -0.4 is 0 Å². The van der Waals surface area contributed by atoms with Crippen molar-refractivity contribution in [3.63, 3.8) is 0 Å². The van der Waals surface area contributed by atoms with E-state index in [0.29, 0.717) is 25.9 Å². The molecule has 19 heavy (non-hydrogen) atoms. The van der Waals surface area contributed by atoms with Crippen LogP contribution in [0.4, 0.5) is 0 Å². The van der Waals surface area contributed by atoms with Gasteiger partial charge in [-0.2, -0.15) is 0 Å². The van der Waals surface area contributed by atoms with Crippen LogP contribution in [0.5, 0.6) is 0 Å². The molecule has 2 rings (SSSR count). The Hall–Kier alpha value is -1.36. The minimum atomic E-state index is -1.15. The Morgan fingerprint density at radius 2 is 2.11 bits per heavy atom. The van der Waals surface area contributed by atoms with Gasteiger partial charge < -0.3 is 10.0 Å². The van der Waals surface area contributed by atoms with Gasteiger partial charge in [0.2, 0.25) is 5.91 Å². The SMILES string of the molecule is CCN(Cc1cccc(Br)c1)C(=O)C1(C(=O)O)CC1. The van der Waals surface area contributed by atoms with Crippen LogP contribution >= 0.6 is 15.9 Å². The average Bonchev–Trinajstić information content (AvgIpc) is 3.16. The van der Waals surface area contributed by atoms with Crippen LogP contribution in [0, 0.1) is 5.41 Å². The number of halogens is 1. The molecular formula is C14H16BrNO3. The molecule has 0 unspecified atom stereocenters. The maximum atomic E-state index is 12.3. The van der Waals surface area contributed by atoms with Crippen LogP contribution in [-0.2, 0) is 16.1 Å². The van der Waals surface area contributed by atoms with Gasteiger partial charge in [0.15, 0.2) is 0 Å². The van der Waals surface area contributed by atoms with E-state index in [1.807, 2.05) is 31.2 Å². The molecule has 102 valence electrons. The molecule has 0 radical (unpaired) electrons.